The van der Waals surface area contributed by atoms with Gasteiger partial charge < -0.3 is 23.8 Å². The Balaban J connectivity index is 1.97. The van der Waals surface area contributed by atoms with Crippen LogP contribution in [0.15, 0.2) is 0 Å². The van der Waals surface area contributed by atoms with Crippen molar-refractivity contribution in [2.75, 3.05) is 14.1 Å². The Morgan fingerprint density at radius 2 is 1.32 bits per heavy atom. The molecular formula is C24H43NO6. The molecule has 1 aliphatic carbocycles. The first kappa shape index (κ1) is 26.1. The molecule has 0 radical (unpaired) electrons. The Kier molecular flexibility index (Phi) is 11.3. The highest BCUT2D eigenvalue weighted by molar-refractivity contribution is 5.66. The second kappa shape index (κ2) is 13.4. The lowest BCUT2D eigenvalue weighted by Gasteiger charge is -2.43. The summed E-state index contributed by atoms with van der Waals surface area (Å²) in [5.41, 5.74) is 0. The van der Waals surface area contributed by atoms with Gasteiger partial charge >= 0.3 is 11.9 Å². The molecule has 4 atom stereocenters. The number of carbonyl (C=O) groups is 2. The van der Waals surface area contributed by atoms with Crippen LogP contribution < -0.4 is 0 Å². The fourth-order valence-electron chi connectivity index (χ4n) is 4.77. The summed E-state index contributed by atoms with van der Waals surface area (Å²) in [6.07, 6.45) is 10.3. The standard InChI is InChI=1S/C24H43NO6/c1-17-16-22(25(4)5)23(30-19(3)27)24(28-17)31-21-14-10-6-8-12-20(29-18(2)26)13-9-7-11-15-21/h17,20-24H,6-16H2,1-5H3/t17-,20?,21?,22+,23-,24+/m1/s1. The number of nitrogens with zero attached hydrogens (tertiary/aromatic N) is 1. The summed E-state index contributed by atoms with van der Waals surface area (Å²) >= 11 is 0. The minimum absolute atomic E-state index is 0.0497. The second-order valence-corrected chi connectivity index (χ2v) is 9.42. The minimum atomic E-state index is -0.536. The highest BCUT2D eigenvalue weighted by Crippen LogP contribution is 2.29. The van der Waals surface area contributed by atoms with Gasteiger partial charge in [-0.1, -0.05) is 25.7 Å². The highest BCUT2D eigenvalue weighted by Gasteiger charge is 2.42. The van der Waals surface area contributed by atoms with Gasteiger partial charge in [0, 0.05) is 13.8 Å². The highest BCUT2D eigenvalue weighted by atomic mass is 16.7. The van der Waals surface area contributed by atoms with Gasteiger partial charge in [0.1, 0.15) is 6.10 Å². The average Bonchev–Trinajstić information content (AvgIpc) is 2.66. The lowest BCUT2D eigenvalue weighted by molar-refractivity contribution is -0.274. The van der Waals surface area contributed by atoms with Crippen molar-refractivity contribution in [3.63, 3.8) is 0 Å². The maximum Gasteiger partial charge on any atom is 0.303 e. The molecule has 1 saturated heterocycles. The SMILES string of the molecule is CC(=O)OC1CCCCCC(O[C@@H]2O[C@H](C)C[C@H](N(C)C)[C@H]2OC(C)=O)CCCCC1. The van der Waals surface area contributed by atoms with Crippen molar-refractivity contribution in [1.29, 1.82) is 0 Å². The molecule has 2 rings (SSSR count). The Morgan fingerprint density at radius 1 is 0.806 bits per heavy atom. The molecule has 0 spiro atoms. The molecule has 7 nitrogen and oxygen atoms in total. The van der Waals surface area contributed by atoms with Crippen molar-refractivity contribution in [3.8, 4) is 0 Å². The van der Waals surface area contributed by atoms with Gasteiger partial charge in [-0.05, 0) is 66.0 Å². The summed E-state index contributed by atoms with van der Waals surface area (Å²) in [5, 5.41) is 0. The van der Waals surface area contributed by atoms with Crippen molar-refractivity contribution in [3.05, 3.63) is 0 Å². The van der Waals surface area contributed by atoms with Gasteiger partial charge in [0.15, 0.2) is 12.4 Å². The zero-order chi connectivity index (χ0) is 22.8. The molecule has 0 aromatic rings. The van der Waals surface area contributed by atoms with Gasteiger partial charge in [-0.3, -0.25) is 9.59 Å². The van der Waals surface area contributed by atoms with Gasteiger partial charge in [-0.2, -0.15) is 0 Å². The number of hydrogen-bond donors (Lipinski definition) is 0. The van der Waals surface area contributed by atoms with E-state index in [4.69, 9.17) is 18.9 Å². The molecule has 0 unspecified atom stereocenters. The van der Waals surface area contributed by atoms with E-state index in [1.807, 2.05) is 14.1 Å². The summed E-state index contributed by atoms with van der Waals surface area (Å²) in [7, 11) is 4.02. The Labute approximate surface area is 188 Å². The predicted octanol–water partition coefficient (Wildman–Crippen LogP) is 4.21. The van der Waals surface area contributed by atoms with Crippen LogP contribution >= 0.6 is 0 Å². The van der Waals surface area contributed by atoms with E-state index in [-0.39, 0.29) is 36.3 Å². The van der Waals surface area contributed by atoms with Crippen molar-refractivity contribution in [2.24, 2.45) is 0 Å². The molecule has 7 heteroatoms. The van der Waals surface area contributed by atoms with Crippen molar-refractivity contribution < 1.29 is 28.5 Å². The van der Waals surface area contributed by atoms with E-state index in [0.29, 0.717) is 0 Å². The first-order valence-electron chi connectivity index (χ1n) is 12.1. The zero-order valence-electron chi connectivity index (χ0n) is 20.1. The van der Waals surface area contributed by atoms with E-state index in [0.717, 1.165) is 70.6 Å². The molecule has 0 bridgehead atoms. The van der Waals surface area contributed by atoms with Crippen LogP contribution in [0.2, 0.25) is 0 Å². The third-order valence-electron chi connectivity index (χ3n) is 6.32. The molecular weight excluding hydrogens is 398 g/mol. The lowest BCUT2D eigenvalue weighted by atomic mass is 9.97. The molecule has 2 fully saturated rings. The van der Waals surface area contributed by atoms with E-state index in [9.17, 15) is 9.59 Å². The Hall–Kier alpha value is -1.18. The van der Waals surface area contributed by atoms with Gasteiger partial charge in [0.2, 0.25) is 0 Å². The third-order valence-corrected chi connectivity index (χ3v) is 6.32. The van der Waals surface area contributed by atoms with Gasteiger partial charge in [0.05, 0.1) is 18.2 Å². The number of ether oxygens (including phenoxy) is 4. The molecule has 0 amide bonds. The maximum absolute atomic E-state index is 11.8. The van der Waals surface area contributed by atoms with Crippen molar-refractivity contribution in [1.82, 2.24) is 4.90 Å². The molecule has 2 aliphatic rings. The Bertz CT molecular complexity index is 540. The van der Waals surface area contributed by atoms with Crippen LogP contribution in [0.3, 0.4) is 0 Å². The van der Waals surface area contributed by atoms with E-state index >= 15 is 0 Å². The lowest BCUT2D eigenvalue weighted by Crippen LogP contribution is -2.56. The van der Waals surface area contributed by atoms with E-state index in [1.54, 1.807) is 0 Å². The smallest absolute Gasteiger partial charge is 0.303 e. The van der Waals surface area contributed by atoms with Crippen LogP contribution in [0.4, 0.5) is 0 Å². The van der Waals surface area contributed by atoms with E-state index in [1.165, 1.54) is 13.8 Å². The normalized spacial score (nSPS) is 33.7. The Morgan fingerprint density at radius 3 is 1.81 bits per heavy atom. The third kappa shape index (κ3) is 9.46. The molecule has 0 aromatic heterocycles. The molecule has 0 aromatic carbocycles. The maximum atomic E-state index is 11.8. The monoisotopic (exact) mass is 441 g/mol. The molecule has 1 heterocycles. The van der Waals surface area contributed by atoms with Gasteiger partial charge in [-0.15, -0.1) is 0 Å². The summed E-state index contributed by atoms with van der Waals surface area (Å²) in [6, 6.07) is 0.0714. The second-order valence-electron chi connectivity index (χ2n) is 9.42. The fourth-order valence-corrected chi connectivity index (χ4v) is 4.77. The summed E-state index contributed by atoms with van der Waals surface area (Å²) in [6.45, 7) is 4.99. The summed E-state index contributed by atoms with van der Waals surface area (Å²) < 4.78 is 23.8. The number of esters is 2. The van der Waals surface area contributed by atoms with Crippen LogP contribution in [0.25, 0.3) is 0 Å². The number of hydrogen-bond acceptors (Lipinski definition) is 7. The first-order valence-corrected chi connectivity index (χ1v) is 12.1. The van der Waals surface area contributed by atoms with Gasteiger partial charge in [0.25, 0.3) is 0 Å². The molecule has 1 aliphatic heterocycles. The fraction of sp³-hybridized carbons (Fsp3) is 0.917. The van der Waals surface area contributed by atoms with Crippen LogP contribution in [0, 0.1) is 0 Å². The van der Waals surface area contributed by atoms with Crippen LogP contribution in [0.1, 0.15) is 91.4 Å². The quantitative estimate of drug-likeness (QED) is 0.592. The van der Waals surface area contributed by atoms with Crippen LogP contribution in [-0.4, -0.2) is 67.7 Å². The summed E-state index contributed by atoms with van der Waals surface area (Å²) in [4.78, 5) is 25.2. The first-order chi connectivity index (χ1) is 14.8. The van der Waals surface area contributed by atoms with E-state index < -0.39 is 12.4 Å². The zero-order valence-corrected chi connectivity index (χ0v) is 20.1. The predicted molar refractivity (Wildman–Crippen MR) is 119 cm³/mol. The summed E-state index contributed by atoms with van der Waals surface area (Å²) in [5.74, 6) is -0.477. The molecule has 180 valence electrons. The van der Waals surface area contributed by atoms with Crippen LogP contribution in [0.5, 0.6) is 0 Å². The van der Waals surface area contributed by atoms with Crippen molar-refractivity contribution >= 4 is 11.9 Å². The molecule has 31 heavy (non-hydrogen) atoms. The number of likely N-dealkylation sites (N-methyl/N-ethyl adjacent to an activating group) is 1. The topological polar surface area (TPSA) is 74.3 Å². The number of carbonyl (C=O) groups excluding carboxylic acids is 2. The molecule has 1 saturated carbocycles. The number of rotatable bonds is 5. The van der Waals surface area contributed by atoms with Gasteiger partial charge in [-0.25, -0.2) is 0 Å². The van der Waals surface area contributed by atoms with E-state index in [2.05, 4.69) is 11.8 Å². The average molecular weight is 442 g/mol. The van der Waals surface area contributed by atoms with Crippen LogP contribution in [-0.2, 0) is 28.5 Å². The molecule has 0 N–H and O–H groups in total. The largest absolute Gasteiger partial charge is 0.463 e. The van der Waals surface area contributed by atoms with Crippen molar-refractivity contribution in [2.45, 2.75) is 128 Å². The minimum Gasteiger partial charge on any atom is -0.463 e.